The van der Waals surface area contributed by atoms with Crippen molar-refractivity contribution in [2.24, 2.45) is 5.92 Å². The van der Waals surface area contributed by atoms with Crippen LogP contribution in [-0.4, -0.2) is 32.2 Å². The van der Waals surface area contributed by atoms with Gasteiger partial charge in [-0.25, -0.2) is 0 Å². The first kappa shape index (κ1) is 13.6. The van der Waals surface area contributed by atoms with Gasteiger partial charge in [-0.3, -0.25) is 4.79 Å². The number of hydrogen-bond donors (Lipinski definition) is 2. The molecule has 3 rings (SSSR count). The Balaban J connectivity index is 1.59. The molecule has 1 saturated heterocycles. The Morgan fingerprint density at radius 2 is 2.35 bits per heavy atom. The summed E-state index contributed by atoms with van der Waals surface area (Å²) in [7, 11) is 0. The Morgan fingerprint density at radius 1 is 1.40 bits per heavy atom. The maximum Gasteiger partial charge on any atom is 0.251 e. The van der Waals surface area contributed by atoms with Crippen LogP contribution in [0.15, 0.2) is 18.2 Å². The zero-order valence-corrected chi connectivity index (χ0v) is 11.8. The van der Waals surface area contributed by atoms with Gasteiger partial charge in [0.25, 0.3) is 5.91 Å². The summed E-state index contributed by atoms with van der Waals surface area (Å²) in [5.74, 6) is 0.496. The molecule has 1 aromatic rings. The van der Waals surface area contributed by atoms with Crippen LogP contribution in [0.4, 0.5) is 0 Å². The second kappa shape index (κ2) is 6.37. The standard InChI is InChI=1S/C16H22N2O2/c19-16(18-9-12-2-1-7-20-11-12)14-4-3-13-5-6-17-10-15(13)8-14/h3-4,8,12,17H,1-2,5-7,9-11H2,(H,18,19). The summed E-state index contributed by atoms with van der Waals surface area (Å²) in [5, 5.41) is 6.38. The number of carbonyl (C=O) groups is 1. The van der Waals surface area contributed by atoms with E-state index in [1.54, 1.807) is 0 Å². The molecule has 1 atom stereocenters. The van der Waals surface area contributed by atoms with Crippen molar-refractivity contribution in [2.45, 2.75) is 25.8 Å². The minimum Gasteiger partial charge on any atom is -0.381 e. The fourth-order valence-corrected chi connectivity index (χ4v) is 2.93. The Labute approximate surface area is 119 Å². The monoisotopic (exact) mass is 274 g/mol. The summed E-state index contributed by atoms with van der Waals surface area (Å²) in [6.07, 6.45) is 3.30. The second-order valence-electron chi connectivity index (χ2n) is 5.70. The number of benzene rings is 1. The first-order valence-electron chi connectivity index (χ1n) is 7.51. The summed E-state index contributed by atoms with van der Waals surface area (Å²) in [5.41, 5.74) is 3.38. The molecule has 0 aliphatic carbocycles. The molecular weight excluding hydrogens is 252 g/mol. The van der Waals surface area contributed by atoms with Crippen LogP contribution < -0.4 is 10.6 Å². The SMILES string of the molecule is O=C(NCC1CCCOC1)c1ccc2c(c1)CNCC2. The molecular formula is C16H22N2O2. The quantitative estimate of drug-likeness (QED) is 0.878. The first-order valence-corrected chi connectivity index (χ1v) is 7.51. The Hall–Kier alpha value is -1.39. The van der Waals surface area contributed by atoms with Gasteiger partial charge in [0.1, 0.15) is 0 Å². The molecule has 2 aliphatic heterocycles. The Morgan fingerprint density at radius 3 is 3.20 bits per heavy atom. The van der Waals surface area contributed by atoms with Crippen molar-refractivity contribution in [3.63, 3.8) is 0 Å². The summed E-state index contributed by atoms with van der Waals surface area (Å²) in [4.78, 5) is 12.2. The van der Waals surface area contributed by atoms with Crippen molar-refractivity contribution >= 4 is 5.91 Å². The lowest BCUT2D eigenvalue weighted by Gasteiger charge is -2.22. The van der Waals surface area contributed by atoms with Gasteiger partial charge in [-0.15, -0.1) is 0 Å². The number of amides is 1. The molecule has 0 bridgehead atoms. The summed E-state index contributed by atoms with van der Waals surface area (Å²) in [6.45, 7) is 4.25. The summed E-state index contributed by atoms with van der Waals surface area (Å²) in [6, 6.07) is 6.06. The third-order valence-electron chi connectivity index (χ3n) is 4.16. The van der Waals surface area contributed by atoms with E-state index in [9.17, 15) is 4.79 Å². The van der Waals surface area contributed by atoms with E-state index < -0.39 is 0 Å². The minimum absolute atomic E-state index is 0.0314. The number of hydrogen-bond acceptors (Lipinski definition) is 3. The number of nitrogens with one attached hydrogen (secondary N) is 2. The van der Waals surface area contributed by atoms with Gasteiger partial charge in [0.05, 0.1) is 6.61 Å². The molecule has 108 valence electrons. The van der Waals surface area contributed by atoms with Crippen LogP contribution in [0.3, 0.4) is 0 Å². The van der Waals surface area contributed by atoms with Crippen molar-refractivity contribution in [3.8, 4) is 0 Å². The molecule has 1 unspecified atom stereocenters. The second-order valence-corrected chi connectivity index (χ2v) is 5.70. The number of ether oxygens (including phenoxy) is 1. The number of fused-ring (bicyclic) bond motifs is 1. The predicted octanol–water partition coefficient (Wildman–Crippen LogP) is 1.49. The number of carbonyl (C=O) groups excluding carboxylic acids is 1. The average molecular weight is 274 g/mol. The maximum atomic E-state index is 12.2. The Bertz CT molecular complexity index is 481. The fraction of sp³-hybridized carbons (Fsp3) is 0.562. The van der Waals surface area contributed by atoms with Gasteiger partial charge < -0.3 is 15.4 Å². The van der Waals surface area contributed by atoms with Crippen LogP contribution in [0.2, 0.25) is 0 Å². The fourth-order valence-electron chi connectivity index (χ4n) is 2.93. The largest absolute Gasteiger partial charge is 0.381 e. The molecule has 1 amide bonds. The van der Waals surface area contributed by atoms with Gasteiger partial charge in [0, 0.05) is 25.3 Å². The topological polar surface area (TPSA) is 50.4 Å². The summed E-state index contributed by atoms with van der Waals surface area (Å²) < 4.78 is 5.43. The van der Waals surface area contributed by atoms with Crippen LogP contribution in [0.25, 0.3) is 0 Å². The molecule has 4 heteroatoms. The molecule has 2 N–H and O–H groups in total. The van der Waals surface area contributed by atoms with Gasteiger partial charge in [0.2, 0.25) is 0 Å². The average Bonchev–Trinajstić information content (AvgIpc) is 2.53. The van der Waals surface area contributed by atoms with Crippen LogP contribution in [-0.2, 0) is 17.7 Å². The molecule has 1 aromatic carbocycles. The van der Waals surface area contributed by atoms with Crippen molar-refractivity contribution in [1.29, 1.82) is 0 Å². The van der Waals surface area contributed by atoms with E-state index in [0.717, 1.165) is 51.1 Å². The smallest absolute Gasteiger partial charge is 0.251 e. The highest BCUT2D eigenvalue weighted by Gasteiger charge is 2.16. The predicted molar refractivity (Wildman–Crippen MR) is 77.7 cm³/mol. The van der Waals surface area contributed by atoms with E-state index in [0.29, 0.717) is 12.5 Å². The zero-order chi connectivity index (χ0) is 13.8. The van der Waals surface area contributed by atoms with E-state index in [1.807, 2.05) is 12.1 Å². The highest BCUT2D eigenvalue weighted by atomic mass is 16.5. The lowest BCUT2D eigenvalue weighted by Crippen LogP contribution is -2.33. The van der Waals surface area contributed by atoms with E-state index in [-0.39, 0.29) is 5.91 Å². The van der Waals surface area contributed by atoms with Crippen molar-refractivity contribution in [1.82, 2.24) is 10.6 Å². The minimum atomic E-state index is 0.0314. The van der Waals surface area contributed by atoms with Crippen LogP contribution in [0.5, 0.6) is 0 Å². The third-order valence-corrected chi connectivity index (χ3v) is 4.16. The van der Waals surface area contributed by atoms with Crippen LogP contribution in [0, 0.1) is 5.92 Å². The molecule has 0 spiro atoms. The van der Waals surface area contributed by atoms with Crippen LogP contribution in [0.1, 0.15) is 34.3 Å². The van der Waals surface area contributed by atoms with Gasteiger partial charge in [-0.05, 0) is 55.0 Å². The normalized spacial score (nSPS) is 22.1. The van der Waals surface area contributed by atoms with Gasteiger partial charge in [0.15, 0.2) is 0 Å². The van der Waals surface area contributed by atoms with Gasteiger partial charge in [-0.1, -0.05) is 6.07 Å². The zero-order valence-electron chi connectivity index (χ0n) is 11.8. The Kier molecular flexibility index (Phi) is 4.33. The van der Waals surface area contributed by atoms with E-state index >= 15 is 0 Å². The van der Waals surface area contributed by atoms with E-state index in [1.165, 1.54) is 11.1 Å². The lowest BCUT2D eigenvalue weighted by molar-refractivity contribution is 0.0536. The maximum absolute atomic E-state index is 12.2. The first-order chi connectivity index (χ1) is 9.83. The highest BCUT2D eigenvalue weighted by Crippen LogP contribution is 2.16. The molecule has 1 fully saturated rings. The van der Waals surface area contributed by atoms with Gasteiger partial charge in [-0.2, -0.15) is 0 Å². The molecule has 0 aromatic heterocycles. The number of rotatable bonds is 3. The van der Waals surface area contributed by atoms with E-state index in [4.69, 9.17) is 4.74 Å². The molecule has 2 heterocycles. The molecule has 0 saturated carbocycles. The lowest BCUT2D eigenvalue weighted by atomic mass is 9.98. The van der Waals surface area contributed by atoms with E-state index in [2.05, 4.69) is 16.7 Å². The van der Waals surface area contributed by atoms with Gasteiger partial charge >= 0.3 is 0 Å². The molecule has 2 aliphatic rings. The molecule has 4 nitrogen and oxygen atoms in total. The van der Waals surface area contributed by atoms with Crippen molar-refractivity contribution in [3.05, 3.63) is 34.9 Å². The third kappa shape index (κ3) is 3.19. The molecule has 20 heavy (non-hydrogen) atoms. The molecule has 0 radical (unpaired) electrons. The summed E-state index contributed by atoms with van der Waals surface area (Å²) >= 11 is 0. The van der Waals surface area contributed by atoms with Crippen molar-refractivity contribution in [2.75, 3.05) is 26.3 Å². The van der Waals surface area contributed by atoms with Crippen molar-refractivity contribution < 1.29 is 9.53 Å². The highest BCUT2D eigenvalue weighted by molar-refractivity contribution is 5.94. The van der Waals surface area contributed by atoms with Crippen LogP contribution >= 0.6 is 0 Å².